The van der Waals surface area contributed by atoms with E-state index in [-0.39, 0.29) is 19.2 Å². The lowest BCUT2D eigenvalue weighted by Gasteiger charge is -1.98. The van der Waals surface area contributed by atoms with Crippen LogP contribution >= 0.6 is 0 Å². The standard InChI is InChI=1S/C5H10O3.C4H6O6.C3H6/c1-5(6)8-4-3-7-2;5-3(6)9-1-2-10-4(7)8;1-3-2/h3-4H2,1-2H3;1-2H2,(H,5,6)(H,7,8);3H,1H2,2H3. The van der Waals surface area contributed by atoms with Gasteiger partial charge in [0, 0.05) is 14.0 Å². The second kappa shape index (κ2) is 20.0. The number of ether oxygens (including phenoxy) is 4. The molecule has 0 saturated heterocycles. The predicted molar refractivity (Wildman–Crippen MR) is 72.3 cm³/mol. The molecule has 0 atom stereocenters. The highest BCUT2D eigenvalue weighted by atomic mass is 16.7. The molecule has 0 fully saturated rings. The molecule has 0 saturated carbocycles. The Bertz CT molecular complexity index is 272. The lowest BCUT2D eigenvalue weighted by molar-refractivity contribution is -0.142. The van der Waals surface area contributed by atoms with E-state index in [0.717, 1.165) is 0 Å². The minimum atomic E-state index is -1.45. The van der Waals surface area contributed by atoms with E-state index in [4.69, 9.17) is 10.2 Å². The first kappa shape index (κ1) is 23.8. The number of esters is 1. The second-order valence-corrected chi connectivity index (χ2v) is 2.97. The van der Waals surface area contributed by atoms with Gasteiger partial charge in [-0.3, -0.25) is 4.79 Å². The zero-order valence-electron chi connectivity index (χ0n) is 12.4. The van der Waals surface area contributed by atoms with Gasteiger partial charge in [-0.1, -0.05) is 6.08 Å². The van der Waals surface area contributed by atoms with Crippen LogP contribution in [0.15, 0.2) is 12.7 Å². The third-order valence-corrected chi connectivity index (χ3v) is 1.13. The van der Waals surface area contributed by atoms with Crippen molar-refractivity contribution in [3.8, 4) is 0 Å². The molecule has 0 bridgehead atoms. The molecular weight excluding hydrogens is 288 g/mol. The third-order valence-electron chi connectivity index (χ3n) is 1.13. The highest BCUT2D eigenvalue weighted by Gasteiger charge is 1.98. The van der Waals surface area contributed by atoms with E-state index in [0.29, 0.717) is 13.2 Å². The van der Waals surface area contributed by atoms with Gasteiger partial charge >= 0.3 is 18.3 Å². The molecule has 2 N–H and O–H groups in total. The zero-order valence-corrected chi connectivity index (χ0v) is 12.4. The number of carboxylic acid groups (broad SMARTS) is 2. The summed E-state index contributed by atoms with van der Waals surface area (Å²) in [6, 6.07) is 0. The smallest absolute Gasteiger partial charge is 0.463 e. The molecule has 0 rings (SSSR count). The van der Waals surface area contributed by atoms with Crippen LogP contribution in [0.25, 0.3) is 0 Å². The van der Waals surface area contributed by atoms with Gasteiger partial charge in [-0.15, -0.1) is 6.58 Å². The maximum absolute atomic E-state index is 10.0. The summed E-state index contributed by atoms with van der Waals surface area (Å²) in [5.74, 6) is -0.262. The van der Waals surface area contributed by atoms with Crippen LogP contribution in [-0.2, 0) is 23.7 Å². The summed E-state index contributed by atoms with van der Waals surface area (Å²) in [5, 5.41) is 15.7. The Balaban J connectivity index is -0.000000264. The first-order valence-corrected chi connectivity index (χ1v) is 5.72. The number of methoxy groups -OCH3 is 1. The molecule has 0 unspecified atom stereocenters. The van der Waals surface area contributed by atoms with Crippen molar-refractivity contribution in [3.63, 3.8) is 0 Å². The van der Waals surface area contributed by atoms with Crippen LogP contribution < -0.4 is 0 Å². The van der Waals surface area contributed by atoms with Gasteiger partial charge in [-0.2, -0.15) is 0 Å². The predicted octanol–water partition coefficient (Wildman–Crippen LogP) is 1.76. The molecule has 0 aromatic heterocycles. The van der Waals surface area contributed by atoms with E-state index in [1.54, 1.807) is 13.2 Å². The van der Waals surface area contributed by atoms with Crippen LogP contribution in [0, 0.1) is 0 Å². The molecule has 0 spiro atoms. The number of carbonyl (C=O) groups is 3. The first-order chi connectivity index (χ1) is 9.81. The molecule has 0 aromatic carbocycles. The quantitative estimate of drug-likeness (QED) is 0.326. The summed E-state index contributed by atoms with van der Waals surface area (Å²) in [7, 11) is 1.56. The highest BCUT2D eigenvalue weighted by Crippen LogP contribution is 1.79. The van der Waals surface area contributed by atoms with E-state index in [1.165, 1.54) is 6.92 Å². The number of carbonyl (C=O) groups excluding carboxylic acids is 1. The van der Waals surface area contributed by atoms with Gasteiger partial charge in [0.25, 0.3) is 0 Å². The number of rotatable bonds is 6. The molecule has 9 heteroatoms. The van der Waals surface area contributed by atoms with Gasteiger partial charge in [-0.25, -0.2) is 9.59 Å². The first-order valence-electron chi connectivity index (χ1n) is 5.72. The maximum atomic E-state index is 10.0. The second-order valence-electron chi connectivity index (χ2n) is 2.97. The summed E-state index contributed by atoms with van der Waals surface area (Å²) in [4.78, 5) is 29.3. The van der Waals surface area contributed by atoms with Crippen LogP contribution in [-0.4, -0.2) is 62.0 Å². The van der Waals surface area contributed by atoms with Crippen molar-refractivity contribution < 1.29 is 43.5 Å². The maximum Gasteiger partial charge on any atom is 0.505 e. The van der Waals surface area contributed by atoms with Gasteiger partial charge in [0.1, 0.15) is 19.8 Å². The molecule has 0 aliphatic heterocycles. The fourth-order valence-corrected chi connectivity index (χ4v) is 0.527. The minimum absolute atomic E-state index is 0.262. The molecule has 0 aromatic rings. The Morgan fingerprint density at radius 1 is 0.952 bits per heavy atom. The fourth-order valence-electron chi connectivity index (χ4n) is 0.527. The van der Waals surface area contributed by atoms with E-state index in [9.17, 15) is 14.4 Å². The lowest BCUT2D eigenvalue weighted by atomic mass is 10.7. The van der Waals surface area contributed by atoms with Crippen LogP contribution in [0.4, 0.5) is 9.59 Å². The van der Waals surface area contributed by atoms with Crippen LogP contribution in [0.1, 0.15) is 13.8 Å². The SMILES string of the molecule is C=CC.COCCOC(C)=O.O=C(O)OCCOC(=O)O. The summed E-state index contributed by atoms with van der Waals surface area (Å²) in [6.45, 7) is 6.89. The average Bonchev–Trinajstić information content (AvgIpc) is 2.36. The van der Waals surface area contributed by atoms with Crippen molar-refractivity contribution in [2.24, 2.45) is 0 Å². The van der Waals surface area contributed by atoms with Gasteiger partial charge in [0.05, 0.1) is 6.61 Å². The van der Waals surface area contributed by atoms with E-state index >= 15 is 0 Å². The monoisotopic (exact) mass is 310 g/mol. The minimum Gasteiger partial charge on any atom is -0.463 e. The molecule has 0 aliphatic rings. The largest absolute Gasteiger partial charge is 0.505 e. The Morgan fingerprint density at radius 3 is 1.52 bits per heavy atom. The Morgan fingerprint density at radius 2 is 1.29 bits per heavy atom. The van der Waals surface area contributed by atoms with Gasteiger partial charge in [0.2, 0.25) is 0 Å². The summed E-state index contributed by atoms with van der Waals surface area (Å²) >= 11 is 0. The van der Waals surface area contributed by atoms with Crippen molar-refractivity contribution >= 4 is 18.3 Å². The lowest BCUT2D eigenvalue weighted by Crippen LogP contribution is -2.10. The zero-order chi connectivity index (χ0) is 17.1. The van der Waals surface area contributed by atoms with E-state index < -0.39 is 12.3 Å². The van der Waals surface area contributed by atoms with Gasteiger partial charge in [0.15, 0.2) is 0 Å². The van der Waals surface area contributed by atoms with Crippen molar-refractivity contribution in [1.29, 1.82) is 0 Å². The normalized spacial score (nSPS) is 7.95. The number of allylic oxidation sites excluding steroid dienone is 1. The van der Waals surface area contributed by atoms with Crippen molar-refractivity contribution in [3.05, 3.63) is 12.7 Å². The average molecular weight is 310 g/mol. The topological polar surface area (TPSA) is 129 Å². The van der Waals surface area contributed by atoms with E-state index in [1.807, 2.05) is 6.92 Å². The van der Waals surface area contributed by atoms with Gasteiger partial charge < -0.3 is 29.2 Å². The van der Waals surface area contributed by atoms with E-state index in [2.05, 4.69) is 25.5 Å². The number of hydrogen-bond acceptors (Lipinski definition) is 7. The Kier molecular flexibility index (Phi) is 22.7. The third kappa shape index (κ3) is 46.4. The fraction of sp³-hybridized carbons (Fsp3) is 0.583. The molecule has 0 amide bonds. The molecule has 0 aliphatic carbocycles. The van der Waals surface area contributed by atoms with Crippen LogP contribution in [0.3, 0.4) is 0 Å². The molecule has 0 radical (unpaired) electrons. The molecule has 9 nitrogen and oxygen atoms in total. The van der Waals surface area contributed by atoms with Crippen molar-refractivity contribution in [2.75, 3.05) is 33.5 Å². The highest BCUT2D eigenvalue weighted by molar-refractivity contribution is 5.65. The summed E-state index contributed by atoms with van der Waals surface area (Å²) in [5.41, 5.74) is 0. The molecule has 21 heavy (non-hydrogen) atoms. The summed E-state index contributed by atoms with van der Waals surface area (Å²) in [6.07, 6.45) is -1.15. The van der Waals surface area contributed by atoms with Crippen LogP contribution in [0.2, 0.25) is 0 Å². The van der Waals surface area contributed by atoms with Crippen molar-refractivity contribution in [1.82, 2.24) is 0 Å². The Labute approximate surface area is 123 Å². The molecular formula is C12H22O9. The van der Waals surface area contributed by atoms with Gasteiger partial charge in [-0.05, 0) is 6.92 Å². The van der Waals surface area contributed by atoms with Crippen LogP contribution in [0.5, 0.6) is 0 Å². The summed E-state index contributed by atoms with van der Waals surface area (Å²) < 4.78 is 17.0. The number of hydrogen-bond donors (Lipinski definition) is 2. The Hall–Kier alpha value is -2.29. The molecule has 0 heterocycles. The van der Waals surface area contributed by atoms with Crippen molar-refractivity contribution in [2.45, 2.75) is 13.8 Å². The molecule has 124 valence electrons.